The van der Waals surface area contributed by atoms with Crippen LogP contribution >= 0.6 is 23.1 Å². The van der Waals surface area contributed by atoms with E-state index in [-0.39, 0.29) is 17.5 Å². The zero-order valence-corrected chi connectivity index (χ0v) is 14.5. The average molecular weight is 362 g/mol. The number of nitrogens with one attached hydrogen (secondary N) is 1. The maximum absolute atomic E-state index is 12.8. The molecule has 0 saturated carbocycles. The van der Waals surface area contributed by atoms with Crippen molar-refractivity contribution in [2.45, 2.75) is 11.7 Å². The molecule has 1 amide bonds. The van der Waals surface area contributed by atoms with E-state index < -0.39 is 0 Å². The lowest BCUT2D eigenvalue weighted by atomic mass is 10.2. The second-order valence-electron chi connectivity index (χ2n) is 5.03. The highest BCUT2D eigenvalue weighted by molar-refractivity contribution is 7.99. The van der Waals surface area contributed by atoms with Gasteiger partial charge in [0.25, 0.3) is 0 Å². The number of hydrogen-bond donors (Lipinski definition) is 1. The minimum absolute atomic E-state index is 0.106. The molecule has 5 nitrogen and oxygen atoms in total. The summed E-state index contributed by atoms with van der Waals surface area (Å²) in [6, 6.07) is 10.0. The third-order valence-electron chi connectivity index (χ3n) is 3.31. The van der Waals surface area contributed by atoms with Crippen molar-refractivity contribution in [3.05, 3.63) is 53.2 Å². The van der Waals surface area contributed by atoms with E-state index in [1.165, 1.54) is 23.9 Å². The Balaban J connectivity index is 1.52. The molecule has 0 aliphatic carbocycles. The van der Waals surface area contributed by atoms with Crippen LogP contribution in [0.15, 0.2) is 46.9 Å². The van der Waals surface area contributed by atoms with Crippen molar-refractivity contribution in [2.75, 3.05) is 5.75 Å². The van der Waals surface area contributed by atoms with E-state index in [0.717, 1.165) is 16.3 Å². The molecule has 0 aliphatic rings. The Kier molecular flexibility index (Phi) is 5.27. The fraction of sp³-hybridized carbons (Fsp3) is 0.188. The van der Waals surface area contributed by atoms with Crippen LogP contribution in [0.3, 0.4) is 0 Å². The highest BCUT2D eigenvalue weighted by Gasteiger charge is 2.13. The monoisotopic (exact) mass is 362 g/mol. The first-order valence-electron chi connectivity index (χ1n) is 7.20. The smallest absolute Gasteiger partial charge is 0.230 e. The number of carbonyl (C=O) groups is 1. The zero-order chi connectivity index (χ0) is 16.9. The van der Waals surface area contributed by atoms with Crippen LogP contribution in [0, 0.1) is 5.82 Å². The highest BCUT2D eigenvalue weighted by Crippen LogP contribution is 2.25. The molecule has 1 aromatic carbocycles. The van der Waals surface area contributed by atoms with Gasteiger partial charge < -0.3 is 9.88 Å². The highest BCUT2D eigenvalue weighted by atomic mass is 32.2. The number of aromatic nitrogens is 3. The second kappa shape index (κ2) is 7.59. The van der Waals surface area contributed by atoms with Gasteiger partial charge in [-0.1, -0.05) is 30.0 Å². The number of benzene rings is 1. The predicted molar refractivity (Wildman–Crippen MR) is 93.3 cm³/mol. The number of thiophene rings is 1. The van der Waals surface area contributed by atoms with Crippen LogP contribution in [0.5, 0.6) is 0 Å². The van der Waals surface area contributed by atoms with Gasteiger partial charge in [0.15, 0.2) is 11.0 Å². The quantitative estimate of drug-likeness (QED) is 0.685. The summed E-state index contributed by atoms with van der Waals surface area (Å²) in [6.07, 6.45) is 0. The summed E-state index contributed by atoms with van der Waals surface area (Å²) in [6.45, 7) is 0.374. The first kappa shape index (κ1) is 16.7. The van der Waals surface area contributed by atoms with Crippen LogP contribution in [0.1, 0.15) is 5.56 Å². The van der Waals surface area contributed by atoms with Gasteiger partial charge in [0.2, 0.25) is 5.91 Å². The number of hydrogen-bond acceptors (Lipinski definition) is 5. The van der Waals surface area contributed by atoms with E-state index in [9.17, 15) is 9.18 Å². The first-order chi connectivity index (χ1) is 11.6. The largest absolute Gasteiger partial charge is 0.351 e. The molecule has 0 atom stereocenters. The normalized spacial score (nSPS) is 10.8. The topological polar surface area (TPSA) is 59.8 Å². The summed E-state index contributed by atoms with van der Waals surface area (Å²) in [4.78, 5) is 13.0. The Morgan fingerprint density at radius 1 is 1.29 bits per heavy atom. The van der Waals surface area contributed by atoms with Crippen molar-refractivity contribution in [3.8, 4) is 10.7 Å². The molecule has 0 radical (unpaired) electrons. The van der Waals surface area contributed by atoms with E-state index in [2.05, 4.69) is 15.5 Å². The molecule has 8 heteroatoms. The molecule has 3 aromatic rings. The standard InChI is InChI=1S/C16H15FN4OS2/c1-21-15(13-3-2-8-23-13)19-20-16(21)24-10-14(22)18-9-11-4-6-12(17)7-5-11/h2-8H,9-10H2,1H3,(H,18,22). The van der Waals surface area contributed by atoms with Crippen LogP contribution in [0.4, 0.5) is 4.39 Å². The van der Waals surface area contributed by atoms with Crippen LogP contribution in [-0.2, 0) is 18.4 Å². The molecular formula is C16H15FN4OS2. The molecule has 24 heavy (non-hydrogen) atoms. The molecule has 2 heterocycles. The maximum atomic E-state index is 12.8. The summed E-state index contributed by atoms with van der Waals surface area (Å²) in [5, 5.41) is 13.8. The minimum atomic E-state index is -0.288. The number of amides is 1. The van der Waals surface area contributed by atoms with Crippen LogP contribution in [-0.4, -0.2) is 26.4 Å². The molecule has 0 fully saturated rings. The molecule has 2 aromatic heterocycles. The molecule has 0 aliphatic heterocycles. The van der Waals surface area contributed by atoms with Crippen molar-refractivity contribution in [3.63, 3.8) is 0 Å². The molecule has 0 saturated heterocycles. The van der Waals surface area contributed by atoms with Gasteiger partial charge >= 0.3 is 0 Å². The van der Waals surface area contributed by atoms with Gasteiger partial charge in [0.1, 0.15) is 5.82 Å². The average Bonchev–Trinajstić information content (AvgIpc) is 3.22. The van der Waals surface area contributed by atoms with E-state index in [1.807, 2.05) is 29.1 Å². The van der Waals surface area contributed by atoms with Gasteiger partial charge in [-0.25, -0.2) is 4.39 Å². The Morgan fingerprint density at radius 3 is 2.79 bits per heavy atom. The number of rotatable bonds is 6. The SMILES string of the molecule is Cn1c(SCC(=O)NCc2ccc(F)cc2)nnc1-c1cccs1. The van der Waals surface area contributed by atoms with Crippen molar-refractivity contribution in [1.82, 2.24) is 20.1 Å². The summed E-state index contributed by atoms with van der Waals surface area (Å²) >= 11 is 2.93. The molecule has 0 unspecified atom stereocenters. The van der Waals surface area contributed by atoms with E-state index >= 15 is 0 Å². The van der Waals surface area contributed by atoms with Gasteiger partial charge in [-0.3, -0.25) is 4.79 Å². The Bertz CT molecular complexity index is 815. The second-order valence-corrected chi connectivity index (χ2v) is 6.92. The van der Waals surface area contributed by atoms with Crippen LogP contribution in [0.25, 0.3) is 10.7 Å². The van der Waals surface area contributed by atoms with Crippen molar-refractivity contribution in [1.29, 1.82) is 0 Å². The predicted octanol–water partition coefficient (Wildman–Crippen LogP) is 3.09. The molecule has 124 valence electrons. The number of nitrogens with zero attached hydrogens (tertiary/aromatic N) is 3. The summed E-state index contributed by atoms with van der Waals surface area (Å²) in [7, 11) is 1.88. The Labute approximate surface area is 146 Å². The van der Waals surface area contributed by atoms with Crippen LogP contribution < -0.4 is 5.32 Å². The van der Waals surface area contributed by atoms with Crippen LogP contribution in [0.2, 0.25) is 0 Å². The Morgan fingerprint density at radius 2 is 2.08 bits per heavy atom. The van der Waals surface area contributed by atoms with Gasteiger partial charge in [-0.05, 0) is 29.1 Å². The third-order valence-corrected chi connectivity index (χ3v) is 5.20. The molecule has 0 bridgehead atoms. The lowest BCUT2D eigenvalue weighted by Gasteiger charge is -2.05. The fourth-order valence-electron chi connectivity index (χ4n) is 2.04. The van der Waals surface area contributed by atoms with Gasteiger partial charge in [0, 0.05) is 13.6 Å². The van der Waals surface area contributed by atoms with Gasteiger partial charge in [-0.2, -0.15) is 0 Å². The first-order valence-corrected chi connectivity index (χ1v) is 9.07. The fourth-order valence-corrected chi connectivity index (χ4v) is 3.53. The lowest BCUT2D eigenvalue weighted by Crippen LogP contribution is -2.24. The maximum Gasteiger partial charge on any atom is 0.230 e. The molecule has 0 spiro atoms. The third kappa shape index (κ3) is 4.01. The van der Waals surface area contributed by atoms with Gasteiger partial charge in [0.05, 0.1) is 10.6 Å². The number of thioether (sulfide) groups is 1. The van der Waals surface area contributed by atoms with Crippen molar-refractivity contribution >= 4 is 29.0 Å². The number of carbonyl (C=O) groups excluding carboxylic acids is 1. The molecule has 1 N–H and O–H groups in total. The zero-order valence-electron chi connectivity index (χ0n) is 12.9. The van der Waals surface area contributed by atoms with E-state index in [1.54, 1.807) is 23.5 Å². The summed E-state index contributed by atoms with van der Waals surface area (Å²) in [5.74, 6) is 0.645. The minimum Gasteiger partial charge on any atom is -0.351 e. The van der Waals surface area contributed by atoms with Crippen molar-refractivity contribution < 1.29 is 9.18 Å². The summed E-state index contributed by atoms with van der Waals surface area (Å²) in [5.41, 5.74) is 0.855. The van der Waals surface area contributed by atoms with Gasteiger partial charge in [-0.15, -0.1) is 21.5 Å². The van der Waals surface area contributed by atoms with Crippen molar-refractivity contribution in [2.24, 2.45) is 7.05 Å². The number of halogens is 1. The van der Waals surface area contributed by atoms with E-state index in [0.29, 0.717) is 11.7 Å². The molecular weight excluding hydrogens is 347 g/mol. The lowest BCUT2D eigenvalue weighted by molar-refractivity contribution is -0.118. The molecule has 3 rings (SSSR count). The van der Waals surface area contributed by atoms with E-state index in [4.69, 9.17) is 0 Å². The summed E-state index contributed by atoms with van der Waals surface area (Å²) < 4.78 is 14.7. The Hall–Kier alpha value is -2.19.